The van der Waals surface area contributed by atoms with Gasteiger partial charge in [-0.25, -0.2) is 4.79 Å². The second-order valence-electron chi connectivity index (χ2n) is 7.16. The van der Waals surface area contributed by atoms with Crippen LogP contribution in [-0.2, 0) is 13.0 Å². The molecule has 0 bridgehead atoms. The van der Waals surface area contributed by atoms with Gasteiger partial charge in [0.05, 0.1) is 0 Å². The Balaban J connectivity index is 1.72. The minimum atomic E-state index is -0.0973. The first-order chi connectivity index (χ1) is 14.0. The SMILES string of the molecule is CN(C)c1ccc(CN(CCc2ccccc2)C(=O)Nc2ccc(Br)cc2)cc1. The first kappa shape index (κ1) is 20.9. The van der Waals surface area contributed by atoms with Crippen molar-refractivity contribution in [1.82, 2.24) is 4.90 Å². The lowest BCUT2D eigenvalue weighted by molar-refractivity contribution is 0.210. The Morgan fingerprint density at radius 3 is 2.14 bits per heavy atom. The molecule has 0 aliphatic heterocycles. The fraction of sp³-hybridized carbons (Fsp3) is 0.208. The van der Waals surface area contributed by atoms with Crippen molar-refractivity contribution in [3.8, 4) is 0 Å². The highest BCUT2D eigenvalue weighted by molar-refractivity contribution is 9.10. The number of benzene rings is 3. The van der Waals surface area contributed by atoms with Gasteiger partial charge in [0, 0.05) is 43.0 Å². The van der Waals surface area contributed by atoms with Gasteiger partial charge < -0.3 is 15.1 Å². The number of nitrogens with zero attached hydrogens (tertiary/aromatic N) is 2. The molecule has 2 amide bonds. The van der Waals surface area contributed by atoms with Gasteiger partial charge in [0.2, 0.25) is 0 Å². The fourth-order valence-electron chi connectivity index (χ4n) is 3.02. The normalized spacial score (nSPS) is 10.4. The van der Waals surface area contributed by atoms with Gasteiger partial charge in [0.1, 0.15) is 0 Å². The summed E-state index contributed by atoms with van der Waals surface area (Å²) in [6, 6.07) is 26.1. The van der Waals surface area contributed by atoms with Crippen LogP contribution in [0.2, 0.25) is 0 Å². The number of halogens is 1. The highest BCUT2D eigenvalue weighted by Crippen LogP contribution is 2.17. The molecule has 0 heterocycles. The Morgan fingerprint density at radius 1 is 0.862 bits per heavy atom. The van der Waals surface area contributed by atoms with Crippen LogP contribution in [0.15, 0.2) is 83.3 Å². The van der Waals surface area contributed by atoms with Crippen molar-refractivity contribution in [2.24, 2.45) is 0 Å². The van der Waals surface area contributed by atoms with Crippen LogP contribution in [0.5, 0.6) is 0 Å². The van der Waals surface area contributed by atoms with Gasteiger partial charge in [-0.2, -0.15) is 0 Å². The highest BCUT2D eigenvalue weighted by atomic mass is 79.9. The standard InChI is InChI=1S/C24H26BrN3O/c1-27(2)23-14-8-20(9-15-23)18-28(17-16-19-6-4-3-5-7-19)24(29)26-22-12-10-21(25)11-13-22/h3-15H,16-18H2,1-2H3,(H,26,29). The zero-order valence-corrected chi connectivity index (χ0v) is 18.4. The molecule has 0 saturated heterocycles. The molecular formula is C24H26BrN3O. The minimum absolute atomic E-state index is 0.0973. The molecule has 0 fully saturated rings. The molecule has 3 rings (SSSR count). The van der Waals surface area contributed by atoms with Gasteiger partial charge in [-0.15, -0.1) is 0 Å². The lowest BCUT2D eigenvalue weighted by atomic mass is 10.1. The molecular weight excluding hydrogens is 426 g/mol. The molecule has 0 spiro atoms. The molecule has 4 nitrogen and oxygen atoms in total. The number of rotatable bonds is 7. The van der Waals surface area contributed by atoms with Crippen LogP contribution in [0.4, 0.5) is 16.2 Å². The second-order valence-corrected chi connectivity index (χ2v) is 8.07. The molecule has 0 aliphatic rings. The number of hydrogen-bond donors (Lipinski definition) is 1. The van der Waals surface area contributed by atoms with Gasteiger partial charge >= 0.3 is 6.03 Å². The molecule has 0 atom stereocenters. The molecule has 0 aromatic heterocycles. The van der Waals surface area contributed by atoms with E-state index in [9.17, 15) is 4.79 Å². The van der Waals surface area contributed by atoms with Gasteiger partial charge in [-0.3, -0.25) is 0 Å². The summed E-state index contributed by atoms with van der Waals surface area (Å²) in [5.41, 5.74) is 4.25. The van der Waals surface area contributed by atoms with Crippen molar-refractivity contribution in [3.05, 3.63) is 94.5 Å². The number of anilines is 2. The van der Waals surface area contributed by atoms with Gasteiger partial charge in [0.25, 0.3) is 0 Å². The molecule has 1 N–H and O–H groups in total. The summed E-state index contributed by atoms with van der Waals surface area (Å²) in [5, 5.41) is 3.01. The third kappa shape index (κ3) is 6.36. The number of carbonyl (C=O) groups excluding carboxylic acids is 1. The Kier molecular flexibility index (Phi) is 7.30. The van der Waals surface area contributed by atoms with Crippen LogP contribution in [0.1, 0.15) is 11.1 Å². The minimum Gasteiger partial charge on any atom is -0.378 e. The van der Waals surface area contributed by atoms with Crippen molar-refractivity contribution in [1.29, 1.82) is 0 Å². The Morgan fingerprint density at radius 2 is 1.52 bits per heavy atom. The van der Waals surface area contributed by atoms with Crippen LogP contribution in [0.25, 0.3) is 0 Å². The molecule has 3 aromatic carbocycles. The van der Waals surface area contributed by atoms with Crippen molar-refractivity contribution < 1.29 is 4.79 Å². The number of urea groups is 1. The quantitative estimate of drug-likeness (QED) is 0.493. The van der Waals surface area contributed by atoms with Crippen LogP contribution in [0, 0.1) is 0 Å². The summed E-state index contributed by atoms with van der Waals surface area (Å²) < 4.78 is 0.984. The Hall–Kier alpha value is -2.79. The van der Waals surface area contributed by atoms with Gasteiger partial charge in [0.15, 0.2) is 0 Å². The average molecular weight is 452 g/mol. The molecule has 3 aromatic rings. The number of amides is 2. The van der Waals surface area contributed by atoms with E-state index in [0.717, 1.165) is 27.8 Å². The first-order valence-electron chi connectivity index (χ1n) is 9.63. The molecule has 29 heavy (non-hydrogen) atoms. The zero-order valence-electron chi connectivity index (χ0n) is 16.8. The topological polar surface area (TPSA) is 35.6 Å². The number of nitrogens with one attached hydrogen (secondary N) is 1. The molecule has 0 saturated carbocycles. The lowest BCUT2D eigenvalue weighted by Crippen LogP contribution is -2.36. The Bertz CT molecular complexity index is 909. The summed E-state index contributed by atoms with van der Waals surface area (Å²) >= 11 is 3.42. The first-order valence-corrected chi connectivity index (χ1v) is 10.4. The third-order valence-corrected chi connectivity index (χ3v) is 5.25. The maximum absolute atomic E-state index is 13.0. The smallest absolute Gasteiger partial charge is 0.322 e. The van der Waals surface area contributed by atoms with E-state index in [0.29, 0.717) is 13.1 Å². The molecule has 150 valence electrons. The van der Waals surface area contributed by atoms with E-state index < -0.39 is 0 Å². The van der Waals surface area contributed by atoms with E-state index in [2.05, 4.69) is 62.5 Å². The van der Waals surface area contributed by atoms with E-state index in [1.807, 2.05) is 61.5 Å². The van der Waals surface area contributed by atoms with E-state index in [4.69, 9.17) is 0 Å². The number of hydrogen-bond acceptors (Lipinski definition) is 2. The predicted molar refractivity (Wildman–Crippen MR) is 124 cm³/mol. The molecule has 5 heteroatoms. The summed E-state index contributed by atoms with van der Waals surface area (Å²) in [7, 11) is 4.04. The predicted octanol–water partition coefficient (Wildman–Crippen LogP) is 5.79. The van der Waals surface area contributed by atoms with E-state index in [-0.39, 0.29) is 6.03 Å². The summed E-state index contributed by atoms with van der Waals surface area (Å²) in [4.78, 5) is 16.9. The van der Waals surface area contributed by atoms with Crippen molar-refractivity contribution >= 4 is 33.3 Å². The fourth-order valence-corrected chi connectivity index (χ4v) is 3.28. The van der Waals surface area contributed by atoms with Crippen LogP contribution < -0.4 is 10.2 Å². The third-order valence-electron chi connectivity index (χ3n) is 4.72. The van der Waals surface area contributed by atoms with E-state index >= 15 is 0 Å². The molecule has 0 unspecified atom stereocenters. The van der Waals surface area contributed by atoms with Crippen molar-refractivity contribution in [2.75, 3.05) is 30.9 Å². The molecule has 0 aliphatic carbocycles. The van der Waals surface area contributed by atoms with Crippen molar-refractivity contribution in [2.45, 2.75) is 13.0 Å². The number of carbonyl (C=O) groups is 1. The average Bonchev–Trinajstić information content (AvgIpc) is 2.73. The van der Waals surface area contributed by atoms with Crippen molar-refractivity contribution in [3.63, 3.8) is 0 Å². The Labute approximate surface area is 181 Å². The van der Waals surface area contributed by atoms with Crippen LogP contribution in [0.3, 0.4) is 0 Å². The summed E-state index contributed by atoms with van der Waals surface area (Å²) in [6.45, 7) is 1.20. The lowest BCUT2D eigenvalue weighted by Gasteiger charge is -2.24. The maximum atomic E-state index is 13.0. The van der Waals surface area contributed by atoms with E-state index in [1.54, 1.807) is 0 Å². The van der Waals surface area contributed by atoms with Gasteiger partial charge in [-0.05, 0) is 53.9 Å². The largest absolute Gasteiger partial charge is 0.378 e. The highest BCUT2D eigenvalue weighted by Gasteiger charge is 2.15. The van der Waals surface area contributed by atoms with Crippen LogP contribution in [-0.4, -0.2) is 31.6 Å². The zero-order chi connectivity index (χ0) is 20.6. The van der Waals surface area contributed by atoms with Gasteiger partial charge in [-0.1, -0.05) is 58.4 Å². The monoisotopic (exact) mass is 451 g/mol. The maximum Gasteiger partial charge on any atom is 0.322 e. The van der Waals surface area contributed by atoms with Crippen LogP contribution >= 0.6 is 15.9 Å². The van der Waals surface area contributed by atoms with E-state index in [1.165, 1.54) is 5.56 Å². The summed E-state index contributed by atoms with van der Waals surface area (Å²) in [6.07, 6.45) is 0.810. The second kappa shape index (κ2) is 10.1. The summed E-state index contributed by atoms with van der Waals surface area (Å²) in [5.74, 6) is 0. The molecule has 0 radical (unpaired) electrons.